The van der Waals surface area contributed by atoms with Crippen molar-refractivity contribution in [2.75, 3.05) is 6.54 Å². The second kappa shape index (κ2) is 7.35. The molecule has 0 saturated heterocycles. The summed E-state index contributed by atoms with van der Waals surface area (Å²) in [5, 5.41) is 11.5. The van der Waals surface area contributed by atoms with Gasteiger partial charge in [-0.1, -0.05) is 6.07 Å². The molecule has 0 aromatic carbocycles. The minimum atomic E-state index is -0.911. The molecule has 6 heteroatoms. The minimum absolute atomic E-state index is 0.0614. The number of aliphatic carboxylic acids is 1. The number of amides is 2. The first-order valence-electron chi connectivity index (χ1n) is 6.19. The monoisotopic (exact) mass is 265 g/mol. The van der Waals surface area contributed by atoms with Crippen molar-refractivity contribution in [2.45, 2.75) is 32.9 Å². The van der Waals surface area contributed by atoms with Crippen molar-refractivity contribution in [3.8, 4) is 0 Å². The molecular weight excluding hydrogens is 246 g/mol. The summed E-state index contributed by atoms with van der Waals surface area (Å²) in [4.78, 5) is 28.1. The molecule has 1 aromatic rings. The SMILES string of the molecule is CCN(C(=O)NCc1cccnc1)C(C)CC(=O)O. The molecule has 1 unspecified atom stereocenters. The van der Waals surface area contributed by atoms with E-state index in [1.165, 1.54) is 4.90 Å². The third kappa shape index (κ3) is 4.95. The molecule has 1 aromatic heterocycles. The number of nitrogens with zero attached hydrogens (tertiary/aromatic N) is 2. The molecule has 0 saturated carbocycles. The van der Waals surface area contributed by atoms with Crippen LogP contribution < -0.4 is 5.32 Å². The average Bonchev–Trinajstić information content (AvgIpc) is 2.37. The molecule has 1 atom stereocenters. The van der Waals surface area contributed by atoms with Gasteiger partial charge < -0.3 is 15.3 Å². The van der Waals surface area contributed by atoms with E-state index in [2.05, 4.69) is 10.3 Å². The van der Waals surface area contributed by atoms with Gasteiger partial charge in [0, 0.05) is 31.5 Å². The fraction of sp³-hybridized carbons (Fsp3) is 0.462. The van der Waals surface area contributed by atoms with Gasteiger partial charge in [-0.05, 0) is 25.5 Å². The van der Waals surface area contributed by atoms with Crippen LogP contribution in [0, 0.1) is 0 Å². The Balaban J connectivity index is 2.52. The second-order valence-corrected chi connectivity index (χ2v) is 4.25. The van der Waals surface area contributed by atoms with Crippen LogP contribution in [0.5, 0.6) is 0 Å². The number of pyridine rings is 1. The number of rotatable bonds is 6. The number of carbonyl (C=O) groups is 2. The molecular formula is C13H19N3O3. The minimum Gasteiger partial charge on any atom is -0.481 e. The third-order valence-electron chi connectivity index (χ3n) is 2.77. The Hall–Kier alpha value is -2.11. The van der Waals surface area contributed by atoms with Crippen molar-refractivity contribution in [1.29, 1.82) is 0 Å². The quantitative estimate of drug-likeness (QED) is 0.816. The van der Waals surface area contributed by atoms with Crippen LogP contribution in [0.25, 0.3) is 0 Å². The van der Waals surface area contributed by atoms with Crippen molar-refractivity contribution < 1.29 is 14.7 Å². The normalized spacial score (nSPS) is 11.7. The fourth-order valence-electron chi connectivity index (χ4n) is 1.80. The third-order valence-corrected chi connectivity index (χ3v) is 2.77. The summed E-state index contributed by atoms with van der Waals surface area (Å²) in [7, 11) is 0. The highest BCUT2D eigenvalue weighted by Gasteiger charge is 2.20. The molecule has 1 rings (SSSR count). The molecule has 19 heavy (non-hydrogen) atoms. The van der Waals surface area contributed by atoms with Gasteiger partial charge in [-0.15, -0.1) is 0 Å². The molecule has 6 nitrogen and oxygen atoms in total. The summed E-state index contributed by atoms with van der Waals surface area (Å²) in [5.41, 5.74) is 0.901. The lowest BCUT2D eigenvalue weighted by Crippen LogP contribution is -2.45. The summed E-state index contributed by atoms with van der Waals surface area (Å²) in [6, 6.07) is 3.06. The van der Waals surface area contributed by atoms with Crippen molar-refractivity contribution in [3.05, 3.63) is 30.1 Å². The Bertz CT molecular complexity index is 422. The number of hydrogen-bond donors (Lipinski definition) is 2. The van der Waals surface area contributed by atoms with Crippen LogP contribution >= 0.6 is 0 Å². The van der Waals surface area contributed by atoms with Crippen LogP contribution in [0.1, 0.15) is 25.8 Å². The van der Waals surface area contributed by atoms with Crippen molar-refractivity contribution in [3.63, 3.8) is 0 Å². The highest BCUT2D eigenvalue weighted by atomic mass is 16.4. The number of urea groups is 1. The van der Waals surface area contributed by atoms with Crippen molar-refractivity contribution in [2.24, 2.45) is 0 Å². The Labute approximate surface area is 112 Å². The molecule has 0 spiro atoms. The lowest BCUT2D eigenvalue weighted by Gasteiger charge is -2.27. The molecule has 2 N–H and O–H groups in total. The van der Waals surface area contributed by atoms with Crippen LogP contribution in [0.4, 0.5) is 4.79 Å². The van der Waals surface area contributed by atoms with Gasteiger partial charge in [0.15, 0.2) is 0 Å². The van der Waals surface area contributed by atoms with Gasteiger partial charge in [-0.2, -0.15) is 0 Å². The van der Waals surface area contributed by atoms with E-state index >= 15 is 0 Å². The molecule has 0 radical (unpaired) electrons. The smallest absolute Gasteiger partial charge is 0.317 e. The van der Waals surface area contributed by atoms with Crippen LogP contribution in [-0.2, 0) is 11.3 Å². The van der Waals surface area contributed by atoms with Gasteiger partial charge in [-0.25, -0.2) is 4.79 Å². The first-order chi connectivity index (χ1) is 9.04. The average molecular weight is 265 g/mol. The van der Waals surface area contributed by atoms with Gasteiger partial charge >= 0.3 is 12.0 Å². The Morgan fingerprint density at radius 3 is 2.79 bits per heavy atom. The lowest BCUT2D eigenvalue weighted by atomic mass is 10.2. The highest BCUT2D eigenvalue weighted by molar-refractivity contribution is 5.75. The van der Waals surface area contributed by atoms with Gasteiger partial charge in [0.1, 0.15) is 0 Å². The first-order valence-corrected chi connectivity index (χ1v) is 6.19. The maximum Gasteiger partial charge on any atom is 0.317 e. The molecule has 0 aliphatic heterocycles. The number of nitrogens with one attached hydrogen (secondary N) is 1. The first kappa shape index (κ1) is 14.9. The van der Waals surface area contributed by atoms with Gasteiger partial charge in [0.05, 0.1) is 6.42 Å². The van der Waals surface area contributed by atoms with E-state index in [0.717, 1.165) is 5.56 Å². The number of carbonyl (C=O) groups excluding carboxylic acids is 1. The van der Waals surface area contributed by atoms with E-state index in [-0.39, 0.29) is 18.5 Å². The van der Waals surface area contributed by atoms with E-state index in [9.17, 15) is 9.59 Å². The topological polar surface area (TPSA) is 82.5 Å². The zero-order chi connectivity index (χ0) is 14.3. The van der Waals surface area contributed by atoms with Crippen molar-refractivity contribution >= 4 is 12.0 Å². The summed E-state index contributed by atoms with van der Waals surface area (Å²) >= 11 is 0. The van der Waals surface area contributed by atoms with Gasteiger partial charge in [-0.3, -0.25) is 9.78 Å². The van der Waals surface area contributed by atoms with Crippen molar-refractivity contribution in [1.82, 2.24) is 15.2 Å². The highest BCUT2D eigenvalue weighted by Crippen LogP contribution is 2.05. The van der Waals surface area contributed by atoms with E-state index in [4.69, 9.17) is 5.11 Å². The van der Waals surface area contributed by atoms with E-state index in [0.29, 0.717) is 13.1 Å². The molecule has 0 aliphatic rings. The molecule has 0 aliphatic carbocycles. The van der Waals surface area contributed by atoms with E-state index in [1.807, 2.05) is 13.0 Å². The Morgan fingerprint density at radius 1 is 1.53 bits per heavy atom. The van der Waals surface area contributed by atoms with Crippen LogP contribution in [0.2, 0.25) is 0 Å². The Morgan fingerprint density at radius 2 is 2.26 bits per heavy atom. The zero-order valence-corrected chi connectivity index (χ0v) is 11.2. The largest absolute Gasteiger partial charge is 0.481 e. The summed E-state index contributed by atoms with van der Waals surface area (Å²) in [5.74, 6) is -0.911. The van der Waals surface area contributed by atoms with E-state index < -0.39 is 5.97 Å². The van der Waals surface area contributed by atoms with Crippen LogP contribution in [-0.4, -0.2) is 39.6 Å². The zero-order valence-electron chi connectivity index (χ0n) is 11.2. The number of aromatic nitrogens is 1. The molecule has 0 fully saturated rings. The summed E-state index contributed by atoms with van der Waals surface area (Å²) in [6.07, 6.45) is 3.28. The maximum atomic E-state index is 12.0. The fourth-order valence-corrected chi connectivity index (χ4v) is 1.80. The molecule has 1 heterocycles. The summed E-state index contributed by atoms with van der Waals surface area (Å²) < 4.78 is 0. The summed E-state index contributed by atoms with van der Waals surface area (Å²) in [6.45, 7) is 4.39. The maximum absolute atomic E-state index is 12.0. The lowest BCUT2D eigenvalue weighted by molar-refractivity contribution is -0.138. The standard InChI is InChI=1S/C13H19N3O3/c1-3-16(10(2)7-12(17)18)13(19)15-9-11-5-4-6-14-8-11/h4-6,8,10H,3,7,9H2,1-2H3,(H,15,19)(H,17,18). The predicted molar refractivity (Wildman–Crippen MR) is 70.6 cm³/mol. The van der Waals surface area contributed by atoms with Gasteiger partial charge in [0.2, 0.25) is 0 Å². The van der Waals surface area contributed by atoms with Gasteiger partial charge in [0.25, 0.3) is 0 Å². The number of carboxylic acids is 1. The number of hydrogen-bond acceptors (Lipinski definition) is 3. The Kier molecular flexibility index (Phi) is 5.78. The number of carboxylic acid groups (broad SMARTS) is 1. The van der Waals surface area contributed by atoms with Crippen LogP contribution in [0.15, 0.2) is 24.5 Å². The predicted octanol–water partition coefficient (Wildman–Crippen LogP) is 1.48. The van der Waals surface area contributed by atoms with E-state index in [1.54, 1.807) is 25.4 Å². The molecule has 104 valence electrons. The molecule has 2 amide bonds. The second-order valence-electron chi connectivity index (χ2n) is 4.25. The molecule has 0 bridgehead atoms. The van der Waals surface area contributed by atoms with Crippen LogP contribution in [0.3, 0.4) is 0 Å².